The number of amides is 1. The Balaban J connectivity index is 1.07. The first kappa shape index (κ1) is 28.1. The molecule has 5 rings (SSSR count). The summed E-state index contributed by atoms with van der Waals surface area (Å²) in [6, 6.07) is 16.4. The maximum atomic E-state index is 13.2. The maximum Gasteiger partial charge on any atom is 0.271 e. The number of hydrogen-bond acceptors (Lipinski definition) is 8. The monoisotopic (exact) mass is 549 g/mol. The number of benzene rings is 2. The summed E-state index contributed by atoms with van der Waals surface area (Å²) in [6.45, 7) is 15.5. The molecule has 2 aromatic rings. The summed E-state index contributed by atoms with van der Waals surface area (Å²) in [5.41, 5.74) is 2.78. The van der Waals surface area contributed by atoms with E-state index in [1.807, 2.05) is 49.1 Å². The number of hydrogen-bond donors (Lipinski definition) is 0. The summed E-state index contributed by atoms with van der Waals surface area (Å²) in [7, 11) is 0. The third kappa shape index (κ3) is 6.81. The summed E-state index contributed by atoms with van der Waals surface area (Å²) < 4.78 is 12.0. The molecule has 9 nitrogen and oxygen atoms in total. The average molecular weight is 550 g/mol. The van der Waals surface area contributed by atoms with Crippen LogP contribution in [0.3, 0.4) is 0 Å². The van der Waals surface area contributed by atoms with E-state index in [4.69, 9.17) is 14.3 Å². The van der Waals surface area contributed by atoms with Crippen molar-refractivity contribution in [3.8, 4) is 11.5 Å². The number of nitrogens with zero attached hydrogens (tertiary/aromatic N) is 5. The third-order valence-electron chi connectivity index (χ3n) is 7.52. The lowest BCUT2D eigenvalue weighted by Gasteiger charge is -2.37. The van der Waals surface area contributed by atoms with Gasteiger partial charge < -0.3 is 29.0 Å². The molecule has 2 saturated heterocycles. The van der Waals surface area contributed by atoms with Gasteiger partial charge in [-0.1, -0.05) is 29.4 Å². The van der Waals surface area contributed by atoms with Gasteiger partial charge in [0.05, 0.1) is 23.6 Å². The van der Waals surface area contributed by atoms with E-state index in [-0.39, 0.29) is 24.2 Å². The van der Waals surface area contributed by atoms with E-state index in [1.54, 1.807) is 0 Å². The van der Waals surface area contributed by atoms with E-state index in [2.05, 4.69) is 51.9 Å². The van der Waals surface area contributed by atoms with Gasteiger partial charge in [0.2, 0.25) is 0 Å². The quantitative estimate of drug-likeness (QED) is 0.470. The van der Waals surface area contributed by atoms with Crippen LogP contribution in [-0.4, -0.2) is 98.6 Å². The predicted octanol–water partition coefficient (Wildman–Crippen LogP) is 3.88. The molecule has 216 valence electrons. The molecule has 40 heavy (non-hydrogen) atoms. The number of piperazine rings is 2. The summed E-state index contributed by atoms with van der Waals surface area (Å²) in [5.74, 6) is 1.83. The first-order valence-electron chi connectivity index (χ1n) is 14.6. The first-order chi connectivity index (χ1) is 19.4. The molecule has 0 radical (unpaired) electrons. The minimum atomic E-state index is -0.0802. The number of ether oxygens (including phenoxy) is 2. The minimum Gasteiger partial charge on any atom is -0.489 e. The fourth-order valence-corrected chi connectivity index (χ4v) is 5.59. The summed E-state index contributed by atoms with van der Waals surface area (Å²) in [6.07, 6.45) is 0.740. The summed E-state index contributed by atoms with van der Waals surface area (Å²) in [4.78, 5) is 28.0. The van der Waals surface area contributed by atoms with Gasteiger partial charge >= 0.3 is 0 Å². The van der Waals surface area contributed by atoms with E-state index < -0.39 is 0 Å². The highest BCUT2D eigenvalue weighted by atomic mass is 16.6. The van der Waals surface area contributed by atoms with Crippen molar-refractivity contribution in [2.24, 2.45) is 5.16 Å². The molecule has 3 heterocycles. The minimum absolute atomic E-state index is 0.000411. The average Bonchev–Trinajstić information content (AvgIpc) is 3.42. The zero-order valence-corrected chi connectivity index (χ0v) is 24.3. The van der Waals surface area contributed by atoms with Gasteiger partial charge in [0.15, 0.2) is 0 Å². The predicted molar refractivity (Wildman–Crippen MR) is 159 cm³/mol. The van der Waals surface area contributed by atoms with E-state index in [1.165, 1.54) is 0 Å². The molecule has 0 aromatic heterocycles. The lowest BCUT2D eigenvalue weighted by Crippen LogP contribution is -2.51. The van der Waals surface area contributed by atoms with Crippen LogP contribution in [0.1, 0.15) is 34.1 Å². The van der Waals surface area contributed by atoms with E-state index in [9.17, 15) is 4.79 Å². The third-order valence-corrected chi connectivity index (χ3v) is 7.52. The highest BCUT2D eigenvalue weighted by Gasteiger charge is 2.33. The molecular weight excluding hydrogens is 506 g/mol. The molecule has 0 bridgehead atoms. The van der Waals surface area contributed by atoms with Crippen LogP contribution in [0.2, 0.25) is 0 Å². The molecule has 0 N–H and O–H groups in total. The van der Waals surface area contributed by atoms with Crippen LogP contribution in [0, 0.1) is 0 Å². The lowest BCUT2D eigenvalue weighted by molar-refractivity contribution is -0.124. The van der Waals surface area contributed by atoms with Crippen molar-refractivity contribution in [3.05, 3.63) is 48.5 Å². The van der Waals surface area contributed by atoms with E-state index >= 15 is 0 Å². The zero-order chi connectivity index (χ0) is 28.1. The van der Waals surface area contributed by atoms with Crippen molar-refractivity contribution in [1.82, 2.24) is 9.80 Å². The van der Waals surface area contributed by atoms with Crippen LogP contribution in [0.4, 0.5) is 11.4 Å². The molecule has 0 saturated carbocycles. The summed E-state index contributed by atoms with van der Waals surface area (Å²) >= 11 is 0. The van der Waals surface area contributed by atoms with Gasteiger partial charge in [-0.3, -0.25) is 9.69 Å². The van der Waals surface area contributed by atoms with Crippen LogP contribution in [-0.2, 0) is 9.63 Å². The number of carbonyl (C=O) groups excluding carboxylic acids is 1. The molecule has 0 spiro atoms. The molecule has 3 aliphatic heterocycles. The Kier molecular flexibility index (Phi) is 8.99. The van der Waals surface area contributed by atoms with Crippen LogP contribution < -0.4 is 19.3 Å². The van der Waals surface area contributed by atoms with Gasteiger partial charge in [-0.15, -0.1) is 0 Å². The maximum absolute atomic E-state index is 13.2. The van der Waals surface area contributed by atoms with Gasteiger partial charge in [-0.05, 0) is 52.0 Å². The Morgan fingerprint density at radius 3 is 1.82 bits per heavy atom. The fourth-order valence-electron chi connectivity index (χ4n) is 5.59. The molecule has 2 fully saturated rings. The zero-order valence-electron chi connectivity index (χ0n) is 24.3. The molecule has 1 amide bonds. The van der Waals surface area contributed by atoms with Gasteiger partial charge in [-0.25, -0.2) is 0 Å². The topological polar surface area (TPSA) is 70.1 Å². The van der Waals surface area contributed by atoms with Crippen LogP contribution >= 0.6 is 0 Å². The van der Waals surface area contributed by atoms with Crippen molar-refractivity contribution in [2.75, 3.05) is 68.7 Å². The van der Waals surface area contributed by atoms with Crippen molar-refractivity contribution < 1.29 is 19.1 Å². The van der Waals surface area contributed by atoms with Gasteiger partial charge in [0.25, 0.3) is 5.91 Å². The number of oxime groups is 1. The molecule has 2 aromatic carbocycles. The molecule has 3 aliphatic rings. The standard InChI is InChI=1S/C31H43N5O4/c1-23(2)38-29-11-7-5-9-27(29)34-15-13-33(14-16-34)22-25-21-26(32-40-25)31(37)36-19-17-35(18-20-36)28-10-6-8-12-30(28)39-24(3)4/h5-12,23-25H,13-22H2,1-4H3. The van der Waals surface area contributed by atoms with Crippen LogP contribution in [0.5, 0.6) is 11.5 Å². The second-order valence-electron chi connectivity index (χ2n) is 11.3. The number of para-hydroxylation sites is 4. The Morgan fingerprint density at radius 2 is 1.30 bits per heavy atom. The Morgan fingerprint density at radius 1 is 0.800 bits per heavy atom. The Bertz CT molecular complexity index is 1170. The van der Waals surface area contributed by atoms with Crippen LogP contribution in [0.15, 0.2) is 53.7 Å². The van der Waals surface area contributed by atoms with Gasteiger partial charge in [-0.2, -0.15) is 0 Å². The van der Waals surface area contributed by atoms with Crippen LogP contribution in [0.25, 0.3) is 0 Å². The molecule has 1 atom stereocenters. The lowest BCUT2D eigenvalue weighted by atomic mass is 10.1. The molecular formula is C31H43N5O4. The van der Waals surface area contributed by atoms with Gasteiger partial charge in [0.1, 0.15) is 23.3 Å². The van der Waals surface area contributed by atoms with Gasteiger partial charge in [0, 0.05) is 65.3 Å². The molecule has 1 unspecified atom stereocenters. The fraction of sp³-hybridized carbons (Fsp3) is 0.548. The number of anilines is 2. The Labute approximate surface area is 238 Å². The first-order valence-corrected chi connectivity index (χ1v) is 14.6. The number of rotatable bonds is 9. The van der Waals surface area contributed by atoms with Crippen molar-refractivity contribution in [1.29, 1.82) is 0 Å². The van der Waals surface area contributed by atoms with Crippen molar-refractivity contribution in [2.45, 2.75) is 52.4 Å². The largest absolute Gasteiger partial charge is 0.489 e. The second kappa shape index (κ2) is 12.8. The van der Waals surface area contributed by atoms with E-state index in [0.29, 0.717) is 25.2 Å². The van der Waals surface area contributed by atoms with Crippen molar-refractivity contribution in [3.63, 3.8) is 0 Å². The SMILES string of the molecule is CC(C)Oc1ccccc1N1CCN(CC2CC(C(=O)N3CCN(c4ccccc4OC(C)C)CC3)=NO2)CC1. The summed E-state index contributed by atoms with van der Waals surface area (Å²) in [5, 5.41) is 4.22. The molecule has 9 heteroatoms. The highest BCUT2D eigenvalue weighted by molar-refractivity contribution is 6.39. The van der Waals surface area contributed by atoms with Crippen molar-refractivity contribution >= 4 is 23.0 Å². The van der Waals surface area contributed by atoms with E-state index in [0.717, 1.165) is 68.7 Å². The molecule has 0 aliphatic carbocycles. The number of carbonyl (C=O) groups is 1. The smallest absolute Gasteiger partial charge is 0.271 e. The second-order valence-corrected chi connectivity index (χ2v) is 11.3. The Hall–Kier alpha value is -3.46. The normalized spacial score (nSPS) is 20.1. The highest BCUT2D eigenvalue weighted by Crippen LogP contribution is 2.31.